The summed E-state index contributed by atoms with van der Waals surface area (Å²) in [6, 6.07) is 3.98. The number of aryl methyl sites for hydroxylation is 1. The molecule has 0 aliphatic heterocycles. The number of hydrazine groups is 1. The number of hydrogen-bond donors (Lipinski definition) is 3. The Morgan fingerprint density at radius 3 is 2.52 bits per heavy atom. The van der Waals surface area contributed by atoms with Gasteiger partial charge in [-0.3, -0.25) is 4.79 Å². The van der Waals surface area contributed by atoms with E-state index in [2.05, 4.69) is 22.7 Å². The maximum Gasteiger partial charge on any atom is 0.251 e. The molecule has 0 atom stereocenters. The zero-order valence-corrected chi connectivity index (χ0v) is 12.6. The molecule has 1 heterocycles. The number of rotatable bonds is 7. The molecule has 2 fully saturated rings. The van der Waals surface area contributed by atoms with Gasteiger partial charge in [0, 0.05) is 17.3 Å². The van der Waals surface area contributed by atoms with Gasteiger partial charge in [0.1, 0.15) is 5.82 Å². The summed E-state index contributed by atoms with van der Waals surface area (Å²) in [6.07, 6.45) is 6.88. The largest absolute Gasteiger partial charge is 0.349 e. The van der Waals surface area contributed by atoms with Gasteiger partial charge in [0.25, 0.3) is 5.91 Å². The number of carbonyl (C=O) groups is 1. The van der Waals surface area contributed by atoms with E-state index < -0.39 is 0 Å². The third-order valence-corrected chi connectivity index (χ3v) is 4.35. The molecule has 1 aromatic heterocycles. The number of nitrogens with two attached hydrogens (primary N) is 1. The first-order chi connectivity index (χ1) is 10.2. The highest BCUT2D eigenvalue weighted by Crippen LogP contribution is 2.44. The Kier molecular flexibility index (Phi) is 4.10. The zero-order valence-electron chi connectivity index (χ0n) is 12.6. The third kappa shape index (κ3) is 3.53. The molecule has 0 radical (unpaired) electrons. The van der Waals surface area contributed by atoms with Gasteiger partial charge in [-0.05, 0) is 56.1 Å². The summed E-state index contributed by atoms with van der Waals surface area (Å²) >= 11 is 0. The molecule has 1 amide bonds. The fourth-order valence-electron chi connectivity index (χ4n) is 2.94. The van der Waals surface area contributed by atoms with Crippen molar-refractivity contribution in [2.24, 2.45) is 17.7 Å². The molecule has 0 unspecified atom stereocenters. The van der Waals surface area contributed by atoms with Crippen LogP contribution in [0.25, 0.3) is 0 Å². The SMILES string of the molecule is CCCc1cc(C(=O)NC(C2CC2)C2CC2)cc(NN)n1. The Morgan fingerprint density at radius 2 is 2.00 bits per heavy atom. The summed E-state index contributed by atoms with van der Waals surface area (Å²) in [6.45, 7) is 2.10. The van der Waals surface area contributed by atoms with Gasteiger partial charge < -0.3 is 10.7 Å². The van der Waals surface area contributed by atoms with Crippen molar-refractivity contribution in [3.8, 4) is 0 Å². The van der Waals surface area contributed by atoms with Crippen LogP contribution < -0.4 is 16.6 Å². The van der Waals surface area contributed by atoms with E-state index in [9.17, 15) is 4.79 Å². The van der Waals surface area contributed by atoms with Gasteiger partial charge in [-0.1, -0.05) is 13.3 Å². The second-order valence-electron chi connectivity index (χ2n) is 6.30. The van der Waals surface area contributed by atoms with Crippen molar-refractivity contribution in [1.82, 2.24) is 10.3 Å². The number of hydrogen-bond acceptors (Lipinski definition) is 4. The number of aromatic nitrogens is 1. The van der Waals surface area contributed by atoms with Crippen LogP contribution in [0, 0.1) is 11.8 Å². The van der Waals surface area contributed by atoms with Crippen LogP contribution in [-0.2, 0) is 6.42 Å². The average molecular weight is 288 g/mol. The fourth-order valence-corrected chi connectivity index (χ4v) is 2.94. The second-order valence-corrected chi connectivity index (χ2v) is 6.30. The van der Waals surface area contributed by atoms with Crippen molar-refractivity contribution >= 4 is 11.7 Å². The first kappa shape index (κ1) is 14.3. The Hall–Kier alpha value is -1.62. The zero-order chi connectivity index (χ0) is 14.8. The lowest BCUT2D eigenvalue weighted by Gasteiger charge is -2.18. The van der Waals surface area contributed by atoms with Crippen LogP contribution in [-0.4, -0.2) is 16.9 Å². The molecular weight excluding hydrogens is 264 g/mol. The summed E-state index contributed by atoms with van der Waals surface area (Å²) in [4.78, 5) is 16.9. The summed E-state index contributed by atoms with van der Waals surface area (Å²) in [7, 11) is 0. The number of nitrogen functional groups attached to an aromatic ring is 1. The third-order valence-electron chi connectivity index (χ3n) is 4.35. The highest BCUT2D eigenvalue weighted by Gasteiger charge is 2.42. The van der Waals surface area contributed by atoms with Crippen LogP contribution >= 0.6 is 0 Å². The lowest BCUT2D eigenvalue weighted by Crippen LogP contribution is -2.38. The number of amides is 1. The molecule has 3 rings (SSSR count). The number of nitrogens with zero attached hydrogens (tertiary/aromatic N) is 1. The predicted octanol–water partition coefficient (Wildman–Crippen LogP) is 2.24. The van der Waals surface area contributed by atoms with Crippen molar-refractivity contribution < 1.29 is 4.79 Å². The number of carbonyl (C=O) groups excluding carboxylic acids is 1. The Labute approximate surface area is 125 Å². The molecule has 1 aromatic rings. The minimum Gasteiger partial charge on any atom is -0.349 e. The van der Waals surface area contributed by atoms with E-state index in [1.165, 1.54) is 25.7 Å². The highest BCUT2D eigenvalue weighted by molar-refractivity contribution is 5.95. The molecule has 21 heavy (non-hydrogen) atoms. The molecule has 114 valence electrons. The van der Waals surface area contributed by atoms with Crippen LogP contribution in [0.3, 0.4) is 0 Å². The van der Waals surface area contributed by atoms with Gasteiger partial charge in [0.2, 0.25) is 0 Å². The molecule has 4 N–H and O–H groups in total. The Morgan fingerprint density at radius 1 is 1.33 bits per heavy atom. The van der Waals surface area contributed by atoms with E-state index in [1.807, 2.05) is 6.07 Å². The molecule has 2 aliphatic rings. The molecular formula is C16H24N4O. The number of pyridine rings is 1. The van der Waals surface area contributed by atoms with E-state index in [1.54, 1.807) is 6.07 Å². The van der Waals surface area contributed by atoms with Crippen LogP contribution in [0.4, 0.5) is 5.82 Å². The van der Waals surface area contributed by atoms with Gasteiger partial charge in [0.15, 0.2) is 0 Å². The molecule has 2 saturated carbocycles. The lowest BCUT2D eigenvalue weighted by molar-refractivity contribution is 0.0926. The summed E-state index contributed by atoms with van der Waals surface area (Å²) < 4.78 is 0. The molecule has 0 bridgehead atoms. The minimum absolute atomic E-state index is 0.00931. The van der Waals surface area contributed by atoms with Gasteiger partial charge in [-0.15, -0.1) is 0 Å². The molecule has 0 saturated heterocycles. The van der Waals surface area contributed by atoms with Gasteiger partial charge >= 0.3 is 0 Å². The maximum absolute atomic E-state index is 12.5. The van der Waals surface area contributed by atoms with E-state index in [4.69, 9.17) is 5.84 Å². The first-order valence-corrected chi connectivity index (χ1v) is 7.99. The van der Waals surface area contributed by atoms with Crippen molar-refractivity contribution in [2.75, 3.05) is 5.43 Å². The topological polar surface area (TPSA) is 80.0 Å². The average Bonchev–Trinajstić information content (AvgIpc) is 3.38. The number of anilines is 1. The molecule has 0 aromatic carbocycles. The summed E-state index contributed by atoms with van der Waals surface area (Å²) in [5.74, 6) is 7.42. The van der Waals surface area contributed by atoms with Crippen molar-refractivity contribution in [3.05, 3.63) is 23.4 Å². The lowest BCUT2D eigenvalue weighted by atomic mass is 10.1. The summed E-state index contributed by atoms with van der Waals surface area (Å²) in [5.41, 5.74) is 4.12. The van der Waals surface area contributed by atoms with Crippen molar-refractivity contribution in [1.29, 1.82) is 0 Å². The minimum atomic E-state index is 0.00931. The van der Waals surface area contributed by atoms with Gasteiger partial charge in [0.05, 0.1) is 0 Å². The van der Waals surface area contributed by atoms with E-state index >= 15 is 0 Å². The standard InChI is InChI=1S/C16H24N4O/c1-2-3-13-8-12(9-14(18-13)20-17)16(21)19-15(10-4-5-10)11-6-7-11/h8-11,15H,2-7,17H2,1H3,(H,18,20)(H,19,21). The first-order valence-electron chi connectivity index (χ1n) is 7.99. The van der Waals surface area contributed by atoms with Crippen LogP contribution in [0.2, 0.25) is 0 Å². The second kappa shape index (κ2) is 6.02. The molecule has 5 heteroatoms. The van der Waals surface area contributed by atoms with E-state index in [-0.39, 0.29) is 5.91 Å². The van der Waals surface area contributed by atoms with E-state index in [0.717, 1.165) is 18.5 Å². The summed E-state index contributed by atoms with van der Waals surface area (Å²) in [5, 5.41) is 3.24. The Bertz CT molecular complexity index is 511. The van der Waals surface area contributed by atoms with Crippen LogP contribution in [0.15, 0.2) is 12.1 Å². The molecule has 5 nitrogen and oxygen atoms in total. The Balaban J connectivity index is 1.74. The molecule has 0 spiro atoms. The van der Waals surface area contributed by atoms with Crippen LogP contribution in [0.5, 0.6) is 0 Å². The van der Waals surface area contributed by atoms with E-state index in [0.29, 0.717) is 29.3 Å². The quantitative estimate of drug-likeness (QED) is 0.531. The smallest absolute Gasteiger partial charge is 0.251 e. The van der Waals surface area contributed by atoms with Gasteiger partial charge in [-0.25, -0.2) is 10.8 Å². The molecule has 2 aliphatic carbocycles. The maximum atomic E-state index is 12.5. The monoisotopic (exact) mass is 288 g/mol. The van der Waals surface area contributed by atoms with Crippen molar-refractivity contribution in [2.45, 2.75) is 51.5 Å². The highest BCUT2D eigenvalue weighted by atomic mass is 16.1. The number of nitrogens with one attached hydrogen (secondary N) is 2. The van der Waals surface area contributed by atoms with Crippen LogP contribution in [0.1, 0.15) is 55.1 Å². The van der Waals surface area contributed by atoms with Crippen molar-refractivity contribution in [3.63, 3.8) is 0 Å². The predicted molar refractivity (Wildman–Crippen MR) is 82.7 cm³/mol. The van der Waals surface area contributed by atoms with Gasteiger partial charge in [-0.2, -0.15) is 0 Å². The normalized spacial score (nSPS) is 17.9. The fraction of sp³-hybridized carbons (Fsp3) is 0.625.